The Hall–Kier alpha value is -1.03. The van der Waals surface area contributed by atoms with Gasteiger partial charge in [-0.25, -0.2) is 0 Å². The maximum absolute atomic E-state index is 5.76. The monoisotopic (exact) mass is 209 g/mol. The molecule has 1 atom stereocenters. The number of hydrogen-bond acceptors (Lipinski definition) is 2. The number of thiophene rings is 1. The van der Waals surface area contributed by atoms with E-state index >= 15 is 0 Å². The molecule has 0 amide bonds. The number of nitrogens with zero attached hydrogens (tertiary/aromatic N) is 1. The van der Waals surface area contributed by atoms with E-state index in [-0.39, 0.29) is 6.04 Å². The minimum Gasteiger partial charge on any atom is -0.370 e. The van der Waals surface area contributed by atoms with Crippen molar-refractivity contribution >= 4 is 17.3 Å². The van der Waals surface area contributed by atoms with Crippen molar-refractivity contribution in [3.05, 3.63) is 22.4 Å². The molecule has 1 heterocycles. The molecule has 4 heteroatoms. The molecule has 1 fully saturated rings. The highest BCUT2D eigenvalue weighted by atomic mass is 32.1. The first-order chi connectivity index (χ1) is 6.75. The number of hydrogen-bond donors (Lipinski definition) is 2. The third kappa shape index (κ3) is 2.48. The van der Waals surface area contributed by atoms with Crippen LogP contribution in [0.3, 0.4) is 0 Å². The van der Waals surface area contributed by atoms with Crippen molar-refractivity contribution in [3.63, 3.8) is 0 Å². The zero-order chi connectivity index (χ0) is 9.97. The smallest absolute Gasteiger partial charge is 0.189 e. The molecule has 0 saturated heterocycles. The van der Waals surface area contributed by atoms with E-state index < -0.39 is 0 Å². The summed E-state index contributed by atoms with van der Waals surface area (Å²) in [7, 11) is 0. The van der Waals surface area contributed by atoms with Crippen molar-refractivity contribution in [2.75, 3.05) is 0 Å². The molecule has 2 rings (SSSR count). The SMILES string of the molecule is CC(NC(N)=NC1CC1)c1ccsc1. The minimum absolute atomic E-state index is 0.253. The van der Waals surface area contributed by atoms with Gasteiger partial charge in [0.2, 0.25) is 0 Å². The molecule has 3 nitrogen and oxygen atoms in total. The molecule has 0 bridgehead atoms. The lowest BCUT2D eigenvalue weighted by atomic mass is 10.2. The normalized spacial score (nSPS) is 19.4. The summed E-state index contributed by atoms with van der Waals surface area (Å²) < 4.78 is 0. The first-order valence-corrected chi connectivity index (χ1v) is 5.82. The van der Waals surface area contributed by atoms with Gasteiger partial charge in [-0.05, 0) is 42.2 Å². The summed E-state index contributed by atoms with van der Waals surface area (Å²) in [5.74, 6) is 0.575. The molecule has 0 aliphatic heterocycles. The predicted octanol–water partition coefficient (Wildman–Crippen LogP) is 1.88. The van der Waals surface area contributed by atoms with Gasteiger partial charge in [-0.2, -0.15) is 11.3 Å². The summed E-state index contributed by atoms with van der Waals surface area (Å²) >= 11 is 1.70. The highest BCUT2D eigenvalue weighted by Crippen LogP contribution is 2.23. The third-order valence-electron chi connectivity index (χ3n) is 2.28. The standard InChI is InChI=1S/C10H15N3S/c1-7(8-4-5-14-6-8)12-10(11)13-9-2-3-9/h4-7,9H,2-3H2,1H3,(H3,11,12,13). The molecular formula is C10H15N3S. The average molecular weight is 209 g/mol. The van der Waals surface area contributed by atoms with Crippen LogP contribution in [0, 0.1) is 0 Å². The molecular weight excluding hydrogens is 194 g/mol. The van der Waals surface area contributed by atoms with E-state index in [0.29, 0.717) is 12.0 Å². The molecule has 14 heavy (non-hydrogen) atoms. The van der Waals surface area contributed by atoms with Crippen molar-refractivity contribution < 1.29 is 0 Å². The summed E-state index contributed by atoms with van der Waals surface area (Å²) in [5, 5.41) is 7.39. The number of rotatable bonds is 3. The van der Waals surface area contributed by atoms with Crippen LogP contribution in [0.15, 0.2) is 21.8 Å². The maximum Gasteiger partial charge on any atom is 0.189 e. The van der Waals surface area contributed by atoms with Crippen molar-refractivity contribution in [3.8, 4) is 0 Å². The second kappa shape index (κ2) is 4.00. The van der Waals surface area contributed by atoms with Gasteiger partial charge in [0.25, 0.3) is 0 Å². The van der Waals surface area contributed by atoms with E-state index in [1.54, 1.807) is 11.3 Å². The lowest BCUT2D eigenvalue weighted by molar-refractivity contribution is 0.710. The quantitative estimate of drug-likeness (QED) is 0.590. The van der Waals surface area contributed by atoms with Crippen molar-refractivity contribution in [2.24, 2.45) is 10.7 Å². The van der Waals surface area contributed by atoms with Gasteiger partial charge in [-0.3, -0.25) is 4.99 Å². The Kier molecular flexibility index (Phi) is 2.72. The molecule has 1 aromatic rings. The highest BCUT2D eigenvalue weighted by molar-refractivity contribution is 7.07. The average Bonchev–Trinajstić information content (AvgIpc) is 2.80. The molecule has 1 aliphatic rings. The molecule has 3 N–H and O–H groups in total. The largest absolute Gasteiger partial charge is 0.370 e. The minimum atomic E-state index is 0.253. The van der Waals surface area contributed by atoms with Gasteiger partial charge in [0, 0.05) is 0 Å². The molecule has 1 saturated carbocycles. The second-order valence-corrected chi connectivity index (χ2v) is 4.45. The second-order valence-electron chi connectivity index (χ2n) is 3.67. The summed E-state index contributed by atoms with van der Waals surface area (Å²) in [6.07, 6.45) is 2.38. The van der Waals surface area contributed by atoms with Crippen LogP contribution >= 0.6 is 11.3 Å². The summed E-state index contributed by atoms with van der Waals surface area (Å²) in [6, 6.07) is 2.84. The van der Waals surface area contributed by atoms with Crippen LogP contribution in [0.25, 0.3) is 0 Å². The molecule has 76 valence electrons. The topological polar surface area (TPSA) is 50.4 Å². The van der Waals surface area contributed by atoms with E-state index in [2.05, 4.69) is 34.1 Å². The Morgan fingerprint density at radius 3 is 3.07 bits per heavy atom. The Balaban J connectivity index is 1.90. The summed E-state index contributed by atoms with van der Waals surface area (Å²) in [5.41, 5.74) is 7.03. The Labute approximate surface area is 88.0 Å². The molecule has 0 spiro atoms. The van der Waals surface area contributed by atoms with E-state index in [0.717, 1.165) is 0 Å². The van der Waals surface area contributed by atoms with Gasteiger partial charge in [0.15, 0.2) is 5.96 Å². The van der Waals surface area contributed by atoms with Crippen LogP contribution in [-0.2, 0) is 0 Å². The van der Waals surface area contributed by atoms with Crippen LogP contribution in [0.5, 0.6) is 0 Å². The molecule has 1 aromatic heterocycles. The van der Waals surface area contributed by atoms with Crippen LogP contribution in [0.2, 0.25) is 0 Å². The number of aliphatic imine (C=N–C) groups is 1. The molecule has 0 radical (unpaired) electrons. The first kappa shape index (κ1) is 9.52. The molecule has 0 aromatic carbocycles. The first-order valence-electron chi connectivity index (χ1n) is 4.87. The lowest BCUT2D eigenvalue weighted by Crippen LogP contribution is -2.33. The molecule has 1 unspecified atom stereocenters. The van der Waals surface area contributed by atoms with Gasteiger partial charge in [0.1, 0.15) is 0 Å². The van der Waals surface area contributed by atoms with Gasteiger partial charge in [0.05, 0.1) is 12.1 Å². The lowest BCUT2D eigenvalue weighted by Gasteiger charge is -2.12. The van der Waals surface area contributed by atoms with Gasteiger partial charge >= 0.3 is 0 Å². The van der Waals surface area contributed by atoms with Crippen molar-refractivity contribution in [1.82, 2.24) is 5.32 Å². The maximum atomic E-state index is 5.76. The number of nitrogens with one attached hydrogen (secondary N) is 1. The zero-order valence-electron chi connectivity index (χ0n) is 8.23. The van der Waals surface area contributed by atoms with Gasteiger partial charge in [-0.1, -0.05) is 0 Å². The summed E-state index contributed by atoms with van der Waals surface area (Å²) in [4.78, 5) is 4.33. The zero-order valence-corrected chi connectivity index (χ0v) is 9.05. The van der Waals surface area contributed by atoms with E-state index in [1.807, 2.05) is 0 Å². The Morgan fingerprint density at radius 2 is 2.50 bits per heavy atom. The van der Waals surface area contributed by atoms with Crippen molar-refractivity contribution in [1.29, 1.82) is 0 Å². The fourth-order valence-electron chi connectivity index (χ4n) is 1.26. The fourth-order valence-corrected chi connectivity index (χ4v) is 2.02. The van der Waals surface area contributed by atoms with Crippen LogP contribution < -0.4 is 11.1 Å². The number of guanidine groups is 1. The third-order valence-corrected chi connectivity index (χ3v) is 2.98. The summed E-state index contributed by atoms with van der Waals surface area (Å²) in [6.45, 7) is 2.09. The van der Waals surface area contributed by atoms with Crippen molar-refractivity contribution in [2.45, 2.75) is 31.8 Å². The van der Waals surface area contributed by atoms with Crippen LogP contribution in [-0.4, -0.2) is 12.0 Å². The van der Waals surface area contributed by atoms with E-state index in [9.17, 15) is 0 Å². The van der Waals surface area contributed by atoms with E-state index in [1.165, 1.54) is 18.4 Å². The van der Waals surface area contributed by atoms with Gasteiger partial charge < -0.3 is 11.1 Å². The Bertz CT molecular complexity index is 314. The van der Waals surface area contributed by atoms with Crippen LogP contribution in [0.1, 0.15) is 31.4 Å². The number of nitrogens with two attached hydrogens (primary N) is 1. The van der Waals surface area contributed by atoms with E-state index in [4.69, 9.17) is 5.73 Å². The van der Waals surface area contributed by atoms with Gasteiger partial charge in [-0.15, -0.1) is 0 Å². The Morgan fingerprint density at radius 1 is 1.71 bits per heavy atom. The fraction of sp³-hybridized carbons (Fsp3) is 0.500. The van der Waals surface area contributed by atoms with Crippen LogP contribution in [0.4, 0.5) is 0 Å². The highest BCUT2D eigenvalue weighted by Gasteiger charge is 2.20. The predicted molar refractivity (Wildman–Crippen MR) is 60.5 cm³/mol. The molecule has 1 aliphatic carbocycles.